The maximum absolute atomic E-state index is 13.1. The number of ether oxygens (including phenoxy) is 2. The Bertz CT molecular complexity index is 958. The summed E-state index contributed by atoms with van der Waals surface area (Å²) in [6.45, 7) is 10.4. The number of carbonyl (C=O) groups excluding carboxylic acids is 1. The molecule has 2 aliphatic heterocycles. The molecule has 0 aromatic heterocycles. The molecule has 2 aliphatic rings. The molecule has 1 amide bonds. The molecule has 0 N–H and O–H groups in total. The van der Waals surface area contributed by atoms with Gasteiger partial charge in [-0.3, -0.25) is 4.79 Å². The lowest BCUT2D eigenvalue weighted by Crippen LogP contribution is -2.50. The number of piperidine rings is 1. The first-order valence-corrected chi connectivity index (χ1v) is 14.5. The minimum atomic E-state index is -3.68. The first-order valence-electron chi connectivity index (χ1n) is 13.0. The van der Waals surface area contributed by atoms with E-state index in [-0.39, 0.29) is 36.6 Å². The predicted octanol–water partition coefficient (Wildman–Crippen LogP) is 1.97. The summed E-state index contributed by atoms with van der Waals surface area (Å²) < 4.78 is 38.4. The molecule has 2 heterocycles. The van der Waals surface area contributed by atoms with Crippen molar-refractivity contribution in [3.05, 3.63) is 23.3 Å². The van der Waals surface area contributed by atoms with Gasteiger partial charge in [0.1, 0.15) is 12.4 Å². The Morgan fingerprint density at radius 3 is 2.28 bits per heavy atom. The number of benzene rings is 1. The minimum Gasteiger partial charge on any atom is -0.497 e. The number of methoxy groups -OCH3 is 1. The molecule has 0 saturated carbocycles. The monoisotopic (exact) mass is 524 g/mol. The third kappa shape index (κ3) is 7.41. The van der Waals surface area contributed by atoms with Crippen LogP contribution < -0.4 is 4.74 Å². The summed E-state index contributed by atoms with van der Waals surface area (Å²) in [6.07, 6.45) is 4.71. The van der Waals surface area contributed by atoms with Crippen LogP contribution in [0.2, 0.25) is 0 Å². The number of aryl methyl sites for hydroxylation is 2. The maximum Gasteiger partial charge on any atom is 0.248 e. The fourth-order valence-corrected chi connectivity index (χ4v) is 6.77. The van der Waals surface area contributed by atoms with Crippen LogP contribution >= 0.6 is 0 Å². The van der Waals surface area contributed by atoms with Gasteiger partial charge in [0.2, 0.25) is 15.9 Å². The van der Waals surface area contributed by atoms with Crippen LogP contribution in [0.25, 0.3) is 0 Å². The van der Waals surface area contributed by atoms with E-state index in [0.29, 0.717) is 16.9 Å². The molecule has 1 aromatic rings. The predicted molar refractivity (Wildman–Crippen MR) is 141 cm³/mol. The van der Waals surface area contributed by atoms with Crippen LogP contribution in [0.4, 0.5) is 0 Å². The van der Waals surface area contributed by atoms with Gasteiger partial charge in [-0.2, -0.15) is 4.31 Å². The molecular formula is C26H44N4O5S. The van der Waals surface area contributed by atoms with Gasteiger partial charge in [-0.15, -0.1) is 0 Å². The van der Waals surface area contributed by atoms with Gasteiger partial charge >= 0.3 is 0 Å². The Morgan fingerprint density at radius 2 is 1.64 bits per heavy atom. The standard InChI is InChI=1S/C26H44N4O5S/c1-21-17-24(34-5)18-22(2)26(21)36(32,33)27(3)15-16-35-20-25(31)28(4)23-9-8-12-30(19-23)14-13-29-10-6-7-11-29/h17-18,23H,6-16,19-20H2,1-5H3. The largest absolute Gasteiger partial charge is 0.497 e. The topological polar surface area (TPSA) is 82.6 Å². The Balaban J connectivity index is 1.43. The average molecular weight is 525 g/mol. The molecule has 1 aromatic carbocycles. The second-order valence-electron chi connectivity index (χ2n) is 10.1. The lowest BCUT2D eigenvalue weighted by atomic mass is 10.0. The quantitative estimate of drug-likeness (QED) is 0.387. The van der Waals surface area contributed by atoms with Gasteiger partial charge < -0.3 is 24.2 Å². The van der Waals surface area contributed by atoms with Crippen molar-refractivity contribution in [2.24, 2.45) is 0 Å². The number of sulfonamides is 1. The van der Waals surface area contributed by atoms with Crippen LogP contribution in [0.3, 0.4) is 0 Å². The third-order valence-electron chi connectivity index (χ3n) is 7.47. The smallest absolute Gasteiger partial charge is 0.248 e. The fraction of sp³-hybridized carbons (Fsp3) is 0.731. The zero-order valence-electron chi connectivity index (χ0n) is 22.7. The van der Waals surface area contributed by atoms with Crippen molar-refractivity contribution in [2.45, 2.75) is 50.5 Å². The molecular weight excluding hydrogens is 480 g/mol. The van der Waals surface area contributed by atoms with Crippen molar-refractivity contribution in [3.8, 4) is 5.75 Å². The number of carbonyl (C=O) groups is 1. The first kappa shape index (κ1) is 28.8. The number of amides is 1. The molecule has 204 valence electrons. The van der Waals surface area contributed by atoms with Crippen LogP contribution in [0.15, 0.2) is 17.0 Å². The van der Waals surface area contributed by atoms with Crippen LogP contribution in [-0.2, 0) is 19.6 Å². The Kier molecular flexibility index (Phi) is 10.6. The number of hydrogen-bond acceptors (Lipinski definition) is 7. The van der Waals surface area contributed by atoms with Gasteiger partial charge in [0.15, 0.2) is 0 Å². The van der Waals surface area contributed by atoms with Crippen LogP contribution in [0.5, 0.6) is 5.75 Å². The van der Waals surface area contributed by atoms with E-state index in [1.54, 1.807) is 33.1 Å². The molecule has 2 fully saturated rings. The van der Waals surface area contributed by atoms with E-state index < -0.39 is 10.0 Å². The van der Waals surface area contributed by atoms with E-state index in [1.165, 1.54) is 37.3 Å². The zero-order chi connectivity index (χ0) is 26.3. The summed E-state index contributed by atoms with van der Waals surface area (Å²) in [5, 5.41) is 0. The van der Waals surface area contributed by atoms with E-state index in [9.17, 15) is 13.2 Å². The van der Waals surface area contributed by atoms with Crippen LogP contribution in [-0.4, -0.2) is 120 Å². The highest BCUT2D eigenvalue weighted by Crippen LogP contribution is 2.27. The molecule has 9 nitrogen and oxygen atoms in total. The molecule has 2 saturated heterocycles. The van der Waals surface area contributed by atoms with E-state index in [1.807, 2.05) is 11.9 Å². The summed E-state index contributed by atoms with van der Waals surface area (Å²) in [5.41, 5.74) is 1.27. The number of hydrogen-bond donors (Lipinski definition) is 0. The molecule has 1 atom stereocenters. The first-order chi connectivity index (χ1) is 17.1. The maximum atomic E-state index is 13.1. The number of rotatable bonds is 12. The van der Waals surface area contributed by atoms with Gasteiger partial charge in [-0.1, -0.05) is 0 Å². The normalized spacial score (nSPS) is 19.7. The van der Waals surface area contributed by atoms with Crippen molar-refractivity contribution >= 4 is 15.9 Å². The van der Waals surface area contributed by atoms with Gasteiger partial charge in [0.25, 0.3) is 0 Å². The highest BCUT2D eigenvalue weighted by Gasteiger charge is 2.28. The summed E-state index contributed by atoms with van der Waals surface area (Å²) in [5.74, 6) is 0.569. The molecule has 0 radical (unpaired) electrons. The Labute approximate surface area is 217 Å². The molecule has 0 spiro atoms. The fourth-order valence-electron chi connectivity index (χ4n) is 5.21. The zero-order valence-corrected chi connectivity index (χ0v) is 23.5. The van der Waals surface area contributed by atoms with Gasteiger partial charge in [-0.25, -0.2) is 8.42 Å². The molecule has 3 rings (SSSR count). The summed E-state index contributed by atoms with van der Waals surface area (Å²) >= 11 is 0. The molecule has 0 bridgehead atoms. The second-order valence-corrected chi connectivity index (χ2v) is 12.1. The minimum absolute atomic E-state index is 0.0464. The third-order valence-corrected chi connectivity index (χ3v) is 9.63. The summed E-state index contributed by atoms with van der Waals surface area (Å²) in [4.78, 5) is 19.9. The average Bonchev–Trinajstić information content (AvgIpc) is 3.37. The van der Waals surface area contributed by atoms with Gasteiger partial charge in [0, 0.05) is 46.3 Å². The molecule has 0 aliphatic carbocycles. The van der Waals surface area contributed by atoms with Crippen molar-refractivity contribution in [1.29, 1.82) is 0 Å². The number of likely N-dealkylation sites (tertiary alicyclic amines) is 2. The highest BCUT2D eigenvalue weighted by molar-refractivity contribution is 7.89. The van der Waals surface area contributed by atoms with Crippen molar-refractivity contribution in [1.82, 2.24) is 19.0 Å². The lowest BCUT2D eigenvalue weighted by molar-refractivity contribution is -0.138. The van der Waals surface area contributed by atoms with Crippen molar-refractivity contribution in [2.75, 3.05) is 80.2 Å². The highest BCUT2D eigenvalue weighted by atomic mass is 32.2. The number of likely N-dealkylation sites (N-methyl/N-ethyl adjacent to an activating group) is 2. The second kappa shape index (κ2) is 13.2. The Hall–Kier alpha value is -1.72. The lowest BCUT2D eigenvalue weighted by Gasteiger charge is -2.38. The molecule has 36 heavy (non-hydrogen) atoms. The van der Waals surface area contributed by atoms with Crippen molar-refractivity contribution in [3.63, 3.8) is 0 Å². The summed E-state index contributed by atoms with van der Waals surface area (Å²) in [7, 11) is 1.27. The van der Waals surface area contributed by atoms with E-state index in [2.05, 4.69) is 9.80 Å². The SMILES string of the molecule is COc1cc(C)c(S(=O)(=O)N(C)CCOCC(=O)N(C)C2CCCN(CCN3CCCC3)C2)c(C)c1. The van der Waals surface area contributed by atoms with Crippen molar-refractivity contribution < 1.29 is 22.7 Å². The van der Waals surface area contributed by atoms with Crippen LogP contribution in [0.1, 0.15) is 36.8 Å². The van der Waals surface area contributed by atoms with E-state index in [0.717, 1.165) is 39.0 Å². The molecule has 1 unspecified atom stereocenters. The van der Waals surface area contributed by atoms with E-state index >= 15 is 0 Å². The van der Waals surface area contributed by atoms with Crippen LogP contribution in [0, 0.1) is 13.8 Å². The van der Waals surface area contributed by atoms with E-state index in [4.69, 9.17) is 9.47 Å². The Morgan fingerprint density at radius 1 is 1.03 bits per heavy atom. The molecule has 10 heteroatoms. The summed E-state index contributed by atoms with van der Waals surface area (Å²) in [6, 6.07) is 3.63. The number of nitrogens with zero attached hydrogens (tertiary/aromatic N) is 4. The van der Waals surface area contributed by atoms with Gasteiger partial charge in [0.05, 0.1) is 18.6 Å². The van der Waals surface area contributed by atoms with Gasteiger partial charge in [-0.05, 0) is 82.4 Å².